The molecule has 10 heteroatoms. The summed E-state index contributed by atoms with van der Waals surface area (Å²) in [4.78, 5) is 21.3. The normalized spacial score (nSPS) is 18.3. The molecule has 3 heterocycles. The number of halogens is 3. The van der Waals surface area contributed by atoms with Crippen LogP contribution in [0.3, 0.4) is 0 Å². The number of fused-ring (bicyclic) bond motifs is 1. The van der Waals surface area contributed by atoms with Gasteiger partial charge in [0.05, 0.1) is 24.8 Å². The summed E-state index contributed by atoms with van der Waals surface area (Å²) in [5, 5.41) is 3.52. The summed E-state index contributed by atoms with van der Waals surface area (Å²) in [6, 6.07) is 6.36. The number of aliphatic imine (C=N–C) groups is 1. The largest absolute Gasteiger partial charge is 0.495 e. The molecular formula is C25H22F3N5O2. The zero-order chi connectivity index (χ0) is 24.7. The van der Waals surface area contributed by atoms with Crippen LogP contribution < -0.4 is 4.74 Å². The summed E-state index contributed by atoms with van der Waals surface area (Å²) in [5.41, 5.74) is 2.58. The van der Waals surface area contributed by atoms with E-state index in [0.717, 1.165) is 35.5 Å². The Labute approximate surface area is 199 Å². The molecule has 0 bridgehead atoms. The minimum absolute atomic E-state index is 0.0279. The second-order valence-corrected chi connectivity index (χ2v) is 8.34. The van der Waals surface area contributed by atoms with Crippen molar-refractivity contribution in [3.63, 3.8) is 0 Å². The quantitative estimate of drug-likeness (QED) is 0.511. The minimum Gasteiger partial charge on any atom is -0.495 e. The Bertz CT molecular complexity index is 1340. The molecule has 1 atom stereocenters. The van der Waals surface area contributed by atoms with Crippen LogP contribution in [0.25, 0.3) is 11.8 Å². The molecule has 5 rings (SSSR count). The van der Waals surface area contributed by atoms with Crippen molar-refractivity contribution >= 4 is 17.8 Å². The number of carbonyl (C=O) groups is 1. The van der Waals surface area contributed by atoms with Crippen molar-refractivity contribution in [2.45, 2.75) is 19.4 Å². The van der Waals surface area contributed by atoms with Crippen LogP contribution in [0.5, 0.6) is 5.75 Å². The number of aryl methyl sites for hydroxylation is 1. The number of ether oxygens (including phenoxy) is 1. The van der Waals surface area contributed by atoms with Crippen molar-refractivity contribution in [2.24, 2.45) is 4.99 Å². The fourth-order valence-corrected chi connectivity index (χ4v) is 4.41. The van der Waals surface area contributed by atoms with E-state index in [1.165, 1.54) is 0 Å². The molecule has 7 nitrogen and oxygen atoms in total. The highest BCUT2D eigenvalue weighted by molar-refractivity contribution is 6.06. The monoisotopic (exact) mass is 481 g/mol. The molecular weight excluding hydrogens is 459 g/mol. The molecule has 2 aliphatic heterocycles. The van der Waals surface area contributed by atoms with Gasteiger partial charge in [0.25, 0.3) is 5.91 Å². The molecule has 1 aromatic heterocycles. The molecule has 0 saturated carbocycles. The number of nitrogens with zero attached hydrogens (tertiary/aromatic N) is 5. The number of rotatable bonds is 5. The fourth-order valence-electron chi connectivity index (χ4n) is 4.41. The van der Waals surface area contributed by atoms with E-state index in [1.54, 1.807) is 24.5 Å². The number of methoxy groups -OCH3 is 1. The number of amidine groups is 1. The van der Waals surface area contributed by atoms with Crippen LogP contribution in [0.2, 0.25) is 0 Å². The van der Waals surface area contributed by atoms with Gasteiger partial charge in [0.15, 0.2) is 17.5 Å². The van der Waals surface area contributed by atoms with Crippen molar-refractivity contribution in [2.75, 3.05) is 20.2 Å². The van der Waals surface area contributed by atoms with Gasteiger partial charge in [0, 0.05) is 19.3 Å². The fraction of sp³-hybridized carbons (Fsp3) is 0.240. The molecule has 35 heavy (non-hydrogen) atoms. The molecule has 2 aliphatic rings. The first-order chi connectivity index (χ1) is 16.9. The van der Waals surface area contributed by atoms with Gasteiger partial charge in [-0.15, -0.1) is 0 Å². The lowest BCUT2D eigenvalue weighted by Gasteiger charge is -2.38. The van der Waals surface area contributed by atoms with E-state index >= 15 is 0 Å². The molecule has 2 aromatic carbocycles. The zero-order valence-electron chi connectivity index (χ0n) is 19.1. The van der Waals surface area contributed by atoms with E-state index < -0.39 is 29.4 Å². The van der Waals surface area contributed by atoms with Gasteiger partial charge >= 0.3 is 0 Å². The van der Waals surface area contributed by atoms with E-state index in [0.29, 0.717) is 24.7 Å². The van der Waals surface area contributed by atoms with Crippen LogP contribution in [0.15, 0.2) is 53.9 Å². The number of aromatic nitrogens is 2. The summed E-state index contributed by atoms with van der Waals surface area (Å²) >= 11 is 0. The van der Waals surface area contributed by atoms with E-state index in [9.17, 15) is 18.0 Å². The molecule has 1 amide bonds. The third-order valence-electron chi connectivity index (χ3n) is 6.03. The first kappa shape index (κ1) is 22.9. The summed E-state index contributed by atoms with van der Waals surface area (Å²) in [5.74, 6) is -3.74. The Kier molecular flexibility index (Phi) is 5.89. The van der Waals surface area contributed by atoms with Crippen LogP contribution in [0.1, 0.15) is 29.3 Å². The number of imidazole rings is 1. The summed E-state index contributed by atoms with van der Waals surface area (Å²) in [6.45, 7) is 2.99. The Morgan fingerprint density at radius 1 is 1.09 bits per heavy atom. The smallest absolute Gasteiger partial charge is 0.271 e. The molecule has 0 aliphatic carbocycles. The number of carbonyl (C=O) groups excluding carboxylic acids is 1. The molecule has 3 aromatic rings. The van der Waals surface area contributed by atoms with Crippen molar-refractivity contribution in [1.29, 1.82) is 0 Å². The number of hydrogen-bond donors (Lipinski definition) is 0. The van der Waals surface area contributed by atoms with Crippen molar-refractivity contribution in [3.8, 4) is 11.4 Å². The van der Waals surface area contributed by atoms with Crippen molar-refractivity contribution in [1.82, 2.24) is 19.6 Å². The maximum absolute atomic E-state index is 13.8. The van der Waals surface area contributed by atoms with Gasteiger partial charge in [-0.1, -0.05) is 12.1 Å². The molecule has 0 N–H and O–H groups in total. The van der Waals surface area contributed by atoms with Gasteiger partial charge in [0.2, 0.25) is 0 Å². The second-order valence-electron chi connectivity index (χ2n) is 8.34. The van der Waals surface area contributed by atoms with Gasteiger partial charge in [-0.05, 0) is 54.8 Å². The number of hydrogen-bond acceptors (Lipinski definition) is 5. The third-order valence-corrected chi connectivity index (χ3v) is 6.03. The Morgan fingerprint density at radius 3 is 2.54 bits per heavy atom. The first-order valence-electron chi connectivity index (χ1n) is 11.0. The van der Waals surface area contributed by atoms with Gasteiger partial charge < -0.3 is 9.30 Å². The predicted molar refractivity (Wildman–Crippen MR) is 123 cm³/mol. The third kappa shape index (κ3) is 4.21. The maximum atomic E-state index is 13.8. The lowest BCUT2D eigenvalue weighted by Crippen LogP contribution is -2.49. The average Bonchev–Trinajstić information content (AvgIpc) is 3.50. The molecule has 0 radical (unpaired) electrons. The summed E-state index contributed by atoms with van der Waals surface area (Å²) < 4.78 is 48.5. The van der Waals surface area contributed by atoms with Gasteiger partial charge in [-0.3, -0.25) is 9.80 Å². The molecule has 180 valence electrons. The standard InChI is InChI=1S/C25H22F3N5O2/c1-15-13-31(14-29-15)20-6-4-16(10-21(20)35-2)5-7-22-30-25(34)24(33-9-3-8-32(22)33)17-11-18(26)23(28)19(27)12-17/h4-7,10-14,24H,3,8-9H2,1-2H3. The lowest BCUT2D eigenvalue weighted by atomic mass is 10.0. The molecule has 0 spiro atoms. The van der Waals surface area contributed by atoms with Gasteiger partial charge in [-0.25, -0.2) is 23.2 Å². The van der Waals surface area contributed by atoms with Crippen LogP contribution in [0, 0.1) is 24.4 Å². The zero-order valence-corrected chi connectivity index (χ0v) is 19.1. The highest BCUT2D eigenvalue weighted by Crippen LogP contribution is 2.33. The van der Waals surface area contributed by atoms with Crippen LogP contribution in [-0.4, -0.2) is 51.5 Å². The van der Waals surface area contributed by atoms with E-state index in [2.05, 4.69) is 9.98 Å². The number of hydrazine groups is 1. The first-order valence-corrected chi connectivity index (χ1v) is 11.0. The minimum atomic E-state index is -1.56. The highest BCUT2D eigenvalue weighted by atomic mass is 19.2. The Morgan fingerprint density at radius 2 is 1.86 bits per heavy atom. The Hall–Kier alpha value is -3.92. The lowest BCUT2D eigenvalue weighted by molar-refractivity contribution is -0.129. The molecule has 1 fully saturated rings. The molecule has 1 saturated heterocycles. The van der Waals surface area contributed by atoms with E-state index in [1.807, 2.05) is 47.0 Å². The average molecular weight is 481 g/mol. The molecule has 1 unspecified atom stereocenters. The van der Waals surface area contributed by atoms with E-state index in [-0.39, 0.29) is 5.56 Å². The summed E-state index contributed by atoms with van der Waals surface area (Å²) in [6.07, 6.45) is 7.87. The van der Waals surface area contributed by atoms with Crippen LogP contribution in [0.4, 0.5) is 13.2 Å². The predicted octanol–water partition coefficient (Wildman–Crippen LogP) is 4.22. The van der Waals surface area contributed by atoms with Crippen LogP contribution in [-0.2, 0) is 4.79 Å². The summed E-state index contributed by atoms with van der Waals surface area (Å²) in [7, 11) is 1.59. The number of benzene rings is 2. The van der Waals surface area contributed by atoms with Gasteiger partial charge in [-0.2, -0.15) is 4.99 Å². The highest BCUT2D eigenvalue weighted by Gasteiger charge is 2.40. The topological polar surface area (TPSA) is 63.0 Å². The van der Waals surface area contributed by atoms with E-state index in [4.69, 9.17) is 4.74 Å². The number of amides is 1. The second kappa shape index (κ2) is 9.03. The van der Waals surface area contributed by atoms with Crippen molar-refractivity contribution < 1.29 is 22.7 Å². The van der Waals surface area contributed by atoms with Gasteiger partial charge in [0.1, 0.15) is 17.6 Å². The van der Waals surface area contributed by atoms with Crippen molar-refractivity contribution in [3.05, 3.63) is 83.2 Å². The maximum Gasteiger partial charge on any atom is 0.271 e. The van der Waals surface area contributed by atoms with Crippen LogP contribution >= 0.6 is 0 Å². The SMILES string of the molecule is COc1cc(C=CC2=NC(=O)C(c3cc(F)c(F)c(F)c3)N3CCCN23)ccc1-n1cnc(C)c1. The Balaban J connectivity index is 1.44.